The Morgan fingerprint density at radius 1 is 1.36 bits per heavy atom. The Balaban J connectivity index is 3.11. The first kappa shape index (κ1) is 10.8. The molecule has 78 valence electrons. The van der Waals surface area contributed by atoms with E-state index in [0.717, 1.165) is 23.4 Å². The van der Waals surface area contributed by atoms with Crippen molar-refractivity contribution < 1.29 is 9.47 Å². The molecule has 0 unspecified atom stereocenters. The molecule has 0 aliphatic carbocycles. The molecule has 0 atom stereocenters. The molecule has 1 aromatic heterocycles. The number of ether oxygens (including phenoxy) is 2. The summed E-state index contributed by atoms with van der Waals surface area (Å²) in [5, 5.41) is 0. The molecule has 0 radical (unpaired) electrons. The van der Waals surface area contributed by atoms with E-state index >= 15 is 0 Å². The summed E-state index contributed by atoms with van der Waals surface area (Å²) in [6.07, 6.45) is 0.729. The highest BCUT2D eigenvalue weighted by molar-refractivity contribution is 5.40. The van der Waals surface area contributed by atoms with Crippen LogP contribution in [0.3, 0.4) is 0 Å². The summed E-state index contributed by atoms with van der Waals surface area (Å²) in [7, 11) is 3.23. The number of methoxy groups -OCH3 is 2. The van der Waals surface area contributed by atoms with Gasteiger partial charge in [0, 0.05) is 18.2 Å². The predicted molar refractivity (Wildman–Crippen MR) is 54.8 cm³/mol. The van der Waals surface area contributed by atoms with Gasteiger partial charge in [-0.3, -0.25) is 0 Å². The van der Waals surface area contributed by atoms with Crippen LogP contribution in [0.25, 0.3) is 0 Å². The van der Waals surface area contributed by atoms with Crippen molar-refractivity contribution in [1.29, 1.82) is 0 Å². The van der Waals surface area contributed by atoms with Crippen LogP contribution in [0, 0.1) is 6.92 Å². The summed E-state index contributed by atoms with van der Waals surface area (Å²) in [5.74, 6) is 1.40. The molecular weight excluding hydrogens is 180 g/mol. The summed E-state index contributed by atoms with van der Waals surface area (Å²) in [6.45, 7) is 2.49. The minimum absolute atomic E-state index is 0.572. The standard InChI is InChI=1S/C10H16N2O2/c1-7-9(13-2)6-8(4-5-11)12-10(7)14-3/h6H,4-5,11H2,1-3H3. The van der Waals surface area contributed by atoms with Crippen molar-refractivity contribution in [3.05, 3.63) is 17.3 Å². The van der Waals surface area contributed by atoms with E-state index in [-0.39, 0.29) is 0 Å². The molecule has 14 heavy (non-hydrogen) atoms. The Bertz CT molecular complexity index is 288. The summed E-state index contributed by atoms with van der Waals surface area (Å²) in [5.41, 5.74) is 7.27. The van der Waals surface area contributed by atoms with E-state index in [2.05, 4.69) is 4.98 Å². The minimum atomic E-state index is 0.572. The van der Waals surface area contributed by atoms with Crippen molar-refractivity contribution in [3.63, 3.8) is 0 Å². The van der Waals surface area contributed by atoms with Crippen molar-refractivity contribution >= 4 is 0 Å². The molecule has 1 rings (SSSR count). The van der Waals surface area contributed by atoms with Gasteiger partial charge in [-0.25, -0.2) is 4.98 Å². The maximum atomic E-state index is 5.46. The number of pyridine rings is 1. The Labute approximate surface area is 84.0 Å². The minimum Gasteiger partial charge on any atom is -0.496 e. The molecule has 2 N–H and O–H groups in total. The molecule has 0 saturated carbocycles. The van der Waals surface area contributed by atoms with Gasteiger partial charge in [-0.15, -0.1) is 0 Å². The number of rotatable bonds is 4. The Morgan fingerprint density at radius 3 is 2.57 bits per heavy atom. The van der Waals surface area contributed by atoms with Gasteiger partial charge in [0.25, 0.3) is 0 Å². The quantitative estimate of drug-likeness (QED) is 0.777. The van der Waals surface area contributed by atoms with Gasteiger partial charge in [0.15, 0.2) is 0 Å². The smallest absolute Gasteiger partial charge is 0.219 e. The first-order valence-corrected chi connectivity index (χ1v) is 4.51. The lowest BCUT2D eigenvalue weighted by Gasteiger charge is -2.10. The highest BCUT2D eigenvalue weighted by atomic mass is 16.5. The van der Waals surface area contributed by atoms with E-state index in [1.54, 1.807) is 14.2 Å². The molecule has 0 aromatic carbocycles. The number of nitrogens with zero attached hydrogens (tertiary/aromatic N) is 1. The monoisotopic (exact) mass is 196 g/mol. The predicted octanol–water partition coefficient (Wildman–Crippen LogP) is 0.908. The highest BCUT2D eigenvalue weighted by Crippen LogP contribution is 2.26. The second-order valence-corrected chi connectivity index (χ2v) is 2.99. The van der Waals surface area contributed by atoms with Crippen LogP contribution in [-0.2, 0) is 6.42 Å². The van der Waals surface area contributed by atoms with Crippen LogP contribution in [0.5, 0.6) is 11.6 Å². The van der Waals surface area contributed by atoms with E-state index in [1.165, 1.54) is 0 Å². The maximum Gasteiger partial charge on any atom is 0.219 e. The first-order valence-electron chi connectivity index (χ1n) is 4.51. The van der Waals surface area contributed by atoms with Crippen LogP contribution in [0.4, 0.5) is 0 Å². The molecule has 4 heteroatoms. The number of hydrogen-bond acceptors (Lipinski definition) is 4. The second kappa shape index (κ2) is 4.81. The van der Waals surface area contributed by atoms with Crippen molar-refractivity contribution in [2.45, 2.75) is 13.3 Å². The third kappa shape index (κ3) is 2.14. The van der Waals surface area contributed by atoms with E-state index in [0.29, 0.717) is 12.4 Å². The Kier molecular flexibility index (Phi) is 3.71. The molecule has 1 heterocycles. The van der Waals surface area contributed by atoms with Gasteiger partial charge in [-0.05, 0) is 13.5 Å². The lowest BCUT2D eigenvalue weighted by atomic mass is 10.2. The average Bonchev–Trinajstić information content (AvgIpc) is 2.20. The van der Waals surface area contributed by atoms with Gasteiger partial charge in [0.2, 0.25) is 5.88 Å². The van der Waals surface area contributed by atoms with E-state index in [4.69, 9.17) is 15.2 Å². The third-order valence-corrected chi connectivity index (χ3v) is 2.05. The molecule has 1 aromatic rings. The van der Waals surface area contributed by atoms with Gasteiger partial charge in [0.1, 0.15) is 5.75 Å². The summed E-state index contributed by atoms with van der Waals surface area (Å²) in [6, 6.07) is 1.89. The van der Waals surface area contributed by atoms with Gasteiger partial charge in [0.05, 0.1) is 19.8 Å². The second-order valence-electron chi connectivity index (χ2n) is 2.99. The average molecular weight is 196 g/mol. The SMILES string of the molecule is COc1cc(CCN)nc(OC)c1C. The van der Waals surface area contributed by atoms with Gasteiger partial charge >= 0.3 is 0 Å². The maximum absolute atomic E-state index is 5.46. The van der Waals surface area contributed by atoms with Crippen molar-refractivity contribution in [1.82, 2.24) is 4.98 Å². The number of aromatic nitrogens is 1. The van der Waals surface area contributed by atoms with Crippen LogP contribution in [0.2, 0.25) is 0 Å². The topological polar surface area (TPSA) is 57.4 Å². The van der Waals surface area contributed by atoms with Gasteiger partial charge < -0.3 is 15.2 Å². The lowest BCUT2D eigenvalue weighted by molar-refractivity contribution is 0.374. The zero-order valence-corrected chi connectivity index (χ0v) is 8.83. The summed E-state index contributed by atoms with van der Waals surface area (Å²) in [4.78, 5) is 4.31. The molecule has 0 saturated heterocycles. The first-order chi connectivity index (χ1) is 6.72. The number of nitrogens with two attached hydrogens (primary N) is 1. The molecule has 0 bridgehead atoms. The van der Waals surface area contributed by atoms with Crippen molar-refractivity contribution in [2.75, 3.05) is 20.8 Å². The summed E-state index contributed by atoms with van der Waals surface area (Å²) < 4.78 is 10.4. The van der Waals surface area contributed by atoms with E-state index in [9.17, 15) is 0 Å². The Hall–Kier alpha value is -1.29. The van der Waals surface area contributed by atoms with Gasteiger partial charge in [-0.1, -0.05) is 0 Å². The molecule has 4 nitrogen and oxygen atoms in total. The van der Waals surface area contributed by atoms with Crippen molar-refractivity contribution in [2.24, 2.45) is 5.73 Å². The molecule has 0 amide bonds. The van der Waals surface area contributed by atoms with Crippen LogP contribution >= 0.6 is 0 Å². The molecular formula is C10H16N2O2. The van der Waals surface area contributed by atoms with E-state index < -0.39 is 0 Å². The van der Waals surface area contributed by atoms with Crippen LogP contribution in [-0.4, -0.2) is 25.7 Å². The molecule has 0 spiro atoms. The highest BCUT2D eigenvalue weighted by Gasteiger charge is 2.09. The Morgan fingerprint density at radius 2 is 2.07 bits per heavy atom. The zero-order valence-electron chi connectivity index (χ0n) is 8.83. The van der Waals surface area contributed by atoms with Crippen LogP contribution < -0.4 is 15.2 Å². The van der Waals surface area contributed by atoms with Crippen LogP contribution in [0.1, 0.15) is 11.3 Å². The fourth-order valence-electron chi connectivity index (χ4n) is 1.30. The number of hydrogen-bond donors (Lipinski definition) is 1. The lowest BCUT2D eigenvalue weighted by Crippen LogP contribution is -2.06. The molecule has 0 fully saturated rings. The summed E-state index contributed by atoms with van der Waals surface area (Å²) >= 11 is 0. The van der Waals surface area contributed by atoms with Crippen molar-refractivity contribution in [3.8, 4) is 11.6 Å². The van der Waals surface area contributed by atoms with Crippen LogP contribution in [0.15, 0.2) is 6.07 Å². The van der Waals surface area contributed by atoms with E-state index in [1.807, 2.05) is 13.0 Å². The zero-order chi connectivity index (χ0) is 10.6. The normalized spacial score (nSPS) is 10.0. The largest absolute Gasteiger partial charge is 0.496 e. The fraction of sp³-hybridized carbons (Fsp3) is 0.500. The molecule has 0 aliphatic rings. The molecule has 0 aliphatic heterocycles. The fourth-order valence-corrected chi connectivity index (χ4v) is 1.30. The third-order valence-electron chi connectivity index (χ3n) is 2.05. The van der Waals surface area contributed by atoms with Gasteiger partial charge in [-0.2, -0.15) is 0 Å².